The monoisotopic (exact) mass is 595 g/mol. The van der Waals surface area contributed by atoms with E-state index in [0.29, 0.717) is 16.2 Å². The van der Waals surface area contributed by atoms with Gasteiger partial charge in [-0.2, -0.15) is 18.6 Å². The number of aromatic nitrogens is 9. The van der Waals surface area contributed by atoms with E-state index in [-0.39, 0.29) is 34.0 Å². The van der Waals surface area contributed by atoms with Crippen molar-refractivity contribution in [3.63, 3.8) is 0 Å². The second-order valence-electron chi connectivity index (χ2n) is 8.68. The molecule has 0 aliphatic carbocycles. The number of hydrogen-bond donors (Lipinski definition) is 0. The largest absolute Gasteiger partial charge is 0.618 e. The summed E-state index contributed by atoms with van der Waals surface area (Å²) in [5.41, 5.74) is -0.149. The summed E-state index contributed by atoms with van der Waals surface area (Å²) in [4.78, 5) is 0. The van der Waals surface area contributed by atoms with Gasteiger partial charge in [0.1, 0.15) is 23.9 Å². The molecule has 0 radical (unpaired) electrons. The Balaban J connectivity index is 1.55. The van der Waals surface area contributed by atoms with Gasteiger partial charge in [0.25, 0.3) is 6.43 Å². The Bertz CT molecular complexity index is 1670. The van der Waals surface area contributed by atoms with Gasteiger partial charge < -0.3 is 9.94 Å². The van der Waals surface area contributed by atoms with Crippen LogP contribution in [0.25, 0.3) is 22.5 Å². The van der Waals surface area contributed by atoms with Gasteiger partial charge in [-0.3, -0.25) is 9.25 Å². The van der Waals surface area contributed by atoms with Crippen LogP contribution in [0.15, 0.2) is 55.4 Å². The summed E-state index contributed by atoms with van der Waals surface area (Å²) in [7, 11) is 0. The third kappa shape index (κ3) is 5.74. The highest BCUT2D eigenvalue weighted by atomic mass is 35.5. The molecule has 0 N–H and O–H groups in total. The van der Waals surface area contributed by atoms with E-state index in [9.17, 15) is 22.8 Å². The molecule has 4 heterocycles. The van der Waals surface area contributed by atoms with Crippen molar-refractivity contribution in [1.29, 1.82) is 0 Å². The van der Waals surface area contributed by atoms with Crippen LogP contribution in [0.4, 0.5) is 22.0 Å². The number of aryl methyl sites for hydroxylation is 1. The quantitative estimate of drug-likeness (QED) is 0.132. The lowest BCUT2D eigenvalue weighted by atomic mass is 10.0. The SMILES string of the molecule is Cc1nncn1-c1cnn([C@@H](CCOC(F)F)c2ccc(-c3c(-n4cc(C(F)F)nn4)ccc(Cl)c3F)c[n+]2[O-])c1. The van der Waals surface area contributed by atoms with Crippen LogP contribution >= 0.6 is 11.6 Å². The first-order valence-corrected chi connectivity index (χ1v) is 12.2. The molecular weight excluding hydrogens is 577 g/mol. The lowest BCUT2D eigenvalue weighted by molar-refractivity contribution is -0.615. The lowest BCUT2D eigenvalue weighted by Crippen LogP contribution is -2.36. The van der Waals surface area contributed by atoms with Crippen molar-refractivity contribution in [3.05, 3.63) is 88.6 Å². The van der Waals surface area contributed by atoms with Gasteiger partial charge in [0, 0.05) is 12.5 Å². The standard InChI is InChI=1S/C24H19ClF5N9O2/c1-13-33-31-12-36(13)15-8-32-37(10-15)18(6-7-41-24(29)30)19-4-2-14(9-39(19)40)21-20(5-3-16(25)22(21)26)38-11-17(23(27)28)34-35-38/h2-5,8-12,18,23-24H,6-7H2,1H3/t18-/m0/s1. The Morgan fingerprint density at radius 2 is 1.90 bits per heavy atom. The summed E-state index contributed by atoms with van der Waals surface area (Å²) in [5, 5.41) is 32.1. The second-order valence-corrected chi connectivity index (χ2v) is 9.08. The molecule has 0 aliphatic rings. The molecular formula is C24H19ClF5N9O2. The number of pyridine rings is 1. The van der Waals surface area contributed by atoms with Crippen LogP contribution in [0.2, 0.25) is 5.02 Å². The van der Waals surface area contributed by atoms with Crippen molar-refractivity contribution >= 4 is 11.6 Å². The predicted molar refractivity (Wildman–Crippen MR) is 132 cm³/mol. The molecule has 11 nitrogen and oxygen atoms in total. The van der Waals surface area contributed by atoms with E-state index < -0.39 is 37.2 Å². The zero-order valence-corrected chi connectivity index (χ0v) is 21.7. The predicted octanol–water partition coefficient (Wildman–Crippen LogP) is 4.60. The fraction of sp³-hybridized carbons (Fsp3) is 0.250. The molecule has 5 rings (SSSR count). The van der Waals surface area contributed by atoms with E-state index in [1.54, 1.807) is 17.7 Å². The van der Waals surface area contributed by atoms with Gasteiger partial charge >= 0.3 is 6.61 Å². The Morgan fingerprint density at radius 1 is 1.10 bits per heavy atom. The minimum Gasteiger partial charge on any atom is -0.618 e. The molecule has 0 saturated carbocycles. The average molecular weight is 596 g/mol. The third-order valence-electron chi connectivity index (χ3n) is 6.17. The van der Waals surface area contributed by atoms with Crippen LogP contribution in [0, 0.1) is 17.9 Å². The summed E-state index contributed by atoms with van der Waals surface area (Å²) in [6.07, 6.45) is 3.54. The maximum Gasteiger partial charge on any atom is 0.345 e. The van der Waals surface area contributed by atoms with Crippen LogP contribution in [0.3, 0.4) is 0 Å². The summed E-state index contributed by atoms with van der Waals surface area (Å²) in [6.45, 7) is -1.70. The minimum atomic E-state index is -3.02. The van der Waals surface area contributed by atoms with Crippen LogP contribution in [0.1, 0.15) is 36.1 Å². The minimum absolute atomic E-state index is 0.00182. The van der Waals surface area contributed by atoms with Crippen molar-refractivity contribution < 1.29 is 31.4 Å². The average Bonchev–Trinajstić information content (AvgIpc) is 3.69. The lowest BCUT2D eigenvalue weighted by Gasteiger charge is -2.18. The highest BCUT2D eigenvalue weighted by Gasteiger charge is 2.27. The number of alkyl halides is 4. The topological polar surface area (TPSA) is 115 Å². The summed E-state index contributed by atoms with van der Waals surface area (Å²) < 4.78 is 75.7. The Morgan fingerprint density at radius 3 is 2.56 bits per heavy atom. The normalized spacial score (nSPS) is 12.5. The van der Waals surface area contributed by atoms with Gasteiger partial charge in [-0.1, -0.05) is 16.8 Å². The van der Waals surface area contributed by atoms with Crippen molar-refractivity contribution in [2.75, 3.05) is 6.61 Å². The number of hydrogen-bond acceptors (Lipinski definition) is 7. The molecule has 1 atom stereocenters. The fourth-order valence-electron chi connectivity index (χ4n) is 4.25. The molecule has 0 spiro atoms. The highest BCUT2D eigenvalue weighted by Crippen LogP contribution is 2.34. The van der Waals surface area contributed by atoms with Crippen molar-refractivity contribution in [2.45, 2.75) is 32.4 Å². The molecule has 0 fully saturated rings. The highest BCUT2D eigenvalue weighted by molar-refractivity contribution is 6.31. The third-order valence-corrected chi connectivity index (χ3v) is 6.46. The summed E-state index contributed by atoms with van der Waals surface area (Å²) in [5.74, 6) is -0.355. The number of benzene rings is 1. The molecule has 0 amide bonds. The van der Waals surface area contributed by atoms with Crippen molar-refractivity contribution in [1.82, 2.24) is 39.5 Å². The van der Waals surface area contributed by atoms with Crippen LogP contribution < -0.4 is 4.73 Å². The van der Waals surface area contributed by atoms with E-state index >= 15 is 4.39 Å². The van der Waals surface area contributed by atoms with E-state index in [4.69, 9.17) is 11.6 Å². The maximum absolute atomic E-state index is 15.3. The van der Waals surface area contributed by atoms with Crippen LogP contribution in [-0.4, -0.2) is 52.8 Å². The molecule has 0 unspecified atom stereocenters. The van der Waals surface area contributed by atoms with Crippen molar-refractivity contribution in [3.8, 4) is 22.5 Å². The van der Waals surface area contributed by atoms with E-state index in [1.165, 1.54) is 41.5 Å². The first-order chi connectivity index (χ1) is 19.6. The van der Waals surface area contributed by atoms with Gasteiger partial charge in [0.2, 0.25) is 5.69 Å². The maximum atomic E-state index is 15.3. The Labute approximate surface area is 233 Å². The van der Waals surface area contributed by atoms with E-state index in [1.807, 2.05) is 0 Å². The van der Waals surface area contributed by atoms with Crippen molar-refractivity contribution in [2.24, 2.45) is 0 Å². The van der Waals surface area contributed by atoms with Crippen LogP contribution in [0.5, 0.6) is 0 Å². The van der Waals surface area contributed by atoms with Crippen LogP contribution in [-0.2, 0) is 4.74 Å². The molecule has 41 heavy (non-hydrogen) atoms. The Kier molecular flexibility index (Phi) is 7.94. The van der Waals surface area contributed by atoms with Gasteiger partial charge in [0.05, 0.1) is 52.7 Å². The van der Waals surface area contributed by atoms with E-state index in [2.05, 4.69) is 30.3 Å². The zero-order chi connectivity index (χ0) is 29.3. The molecule has 5 aromatic rings. The smallest absolute Gasteiger partial charge is 0.345 e. The second kappa shape index (κ2) is 11.6. The molecule has 4 aromatic heterocycles. The van der Waals surface area contributed by atoms with Gasteiger partial charge in [-0.25, -0.2) is 17.9 Å². The summed E-state index contributed by atoms with van der Waals surface area (Å²) >= 11 is 6.00. The summed E-state index contributed by atoms with van der Waals surface area (Å²) in [6, 6.07) is 4.46. The first-order valence-electron chi connectivity index (χ1n) is 11.9. The van der Waals surface area contributed by atoms with E-state index in [0.717, 1.165) is 17.1 Å². The fourth-order valence-corrected chi connectivity index (χ4v) is 4.41. The number of ether oxygens (including phenoxy) is 1. The van der Waals surface area contributed by atoms with Gasteiger partial charge in [-0.15, -0.1) is 15.3 Å². The Hall–Kier alpha value is -4.44. The number of halogens is 6. The van der Waals surface area contributed by atoms with Gasteiger partial charge in [-0.05, 0) is 25.1 Å². The molecule has 17 heteroatoms. The molecule has 0 aliphatic heterocycles. The number of nitrogens with zero attached hydrogens (tertiary/aromatic N) is 9. The molecule has 0 saturated heterocycles. The first kappa shape index (κ1) is 28.1. The number of rotatable bonds is 10. The molecule has 214 valence electrons. The zero-order valence-electron chi connectivity index (χ0n) is 21.0. The molecule has 0 bridgehead atoms. The van der Waals surface area contributed by atoms with Gasteiger partial charge in [0.15, 0.2) is 12.0 Å². The molecule has 1 aromatic carbocycles.